The van der Waals surface area contributed by atoms with Gasteiger partial charge in [0.2, 0.25) is 5.91 Å². The van der Waals surface area contributed by atoms with Crippen molar-refractivity contribution in [2.75, 3.05) is 19.0 Å². The lowest BCUT2D eigenvalue weighted by molar-refractivity contribution is -0.117. The molecule has 0 aliphatic carbocycles. The number of anilines is 1. The number of imide groups is 1. The van der Waals surface area contributed by atoms with Crippen molar-refractivity contribution in [3.05, 3.63) is 29.3 Å². The van der Waals surface area contributed by atoms with Crippen molar-refractivity contribution >= 4 is 23.4 Å². The number of rotatable bonds is 5. The van der Waals surface area contributed by atoms with E-state index in [0.29, 0.717) is 24.3 Å². The van der Waals surface area contributed by atoms with E-state index in [1.807, 2.05) is 0 Å². The summed E-state index contributed by atoms with van der Waals surface area (Å²) in [6.07, 6.45) is 0.395. The zero-order chi connectivity index (χ0) is 14.7. The highest BCUT2D eigenvalue weighted by Crippen LogP contribution is 2.20. The lowest BCUT2D eigenvalue weighted by Crippen LogP contribution is -2.36. The monoisotopic (exact) mass is 277 g/mol. The third kappa shape index (κ3) is 2.84. The van der Waals surface area contributed by atoms with Crippen molar-refractivity contribution in [3.63, 3.8) is 0 Å². The molecule has 0 fully saturated rings. The van der Waals surface area contributed by atoms with Gasteiger partial charge in [-0.3, -0.25) is 19.7 Å². The first-order valence-corrected chi connectivity index (χ1v) is 6.08. The van der Waals surface area contributed by atoms with E-state index in [-0.39, 0.29) is 11.5 Å². The van der Waals surface area contributed by atoms with E-state index in [4.69, 9.17) is 10.5 Å². The van der Waals surface area contributed by atoms with Crippen molar-refractivity contribution in [1.82, 2.24) is 5.32 Å². The Morgan fingerprint density at radius 3 is 2.75 bits per heavy atom. The van der Waals surface area contributed by atoms with Crippen molar-refractivity contribution in [2.45, 2.75) is 12.5 Å². The molecule has 3 amide bonds. The Bertz CT molecular complexity index is 571. The number of carbonyl (C=O) groups is 3. The molecule has 2 rings (SSSR count). The van der Waals surface area contributed by atoms with Gasteiger partial charge in [0.1, 0.15) is 0 Å². The molecule has 0 saturated heterocycles. The lowest BCUT2D eigenvalue weighted by Gasteiger charge is -2.12. The molecule has 7 nitrogen and oxygen atoms in total. The fourth-order valence-electron chi connectivity index (χ4n) is 1.86. The first-order valence-electron chi connectivity index (χ1n) is 6.08. The summed E-state index contributed by atoms with van der Waals surface area (Å²) in [5, 5.41) is 4.79. The van der Waals surface area contributed by atoms with E-state index in [0.717, 1.165) is 0 Å². The zero-order valence-electron chi connectivity index (χ0n) is 10.9. The number of hydrogen-bond acceptors (Lipinski definition) is 5. The lowest BCUT2D eigenvalue weighted by atomic mass is 10.1. The molecule has 1 aromatic carbocycles. The summed E-state index contributed by atoms with van der Waals surface area (Å²) >= 11 is 0. The number of nitrogens with one attached hydrogen (secondary N) is 2. The minimum absolute atomic E-state index is 0.248. The highest BCUT2D eigenvalue weighted by Gasteiger charge is 2.27. The molecule has 1 aliphatic heterocycles. The molecule has 1 unspecified atom stereocenters. The van der Waals surface area contributed by atoms with Crippen LogP contribution < -0.4 is 16.4 Å². The molecule has 0 radical (unpaired) electrons. The molecule has 1 heterocycles. The van der Waals surface area contributed by atoms with Crippen LogP contribution in [0, 0.1) is 0 Å². The highest BCUT2D eigenvalue weighted by atomic mass is 16.5. The van der Waals surface area contributed by atoms with E-state index >= 15 is 0 Å². The van der Waals surface area contributed by atoms with E-state index in [9.17, 15) is 14.4 Å². The van der Waals surface area contributed by atoms with Gasteiger partial charge in [0.05, 0.1) is 17.2 Å². The molecule has 0 bridgehead atoms. The number of hydrogen-bond donors (Lipinski definition) is 3. The van der Waals surface area contributed by atoms with Crippen LogP contribution in [0.25, 0.3) is 0 Å². The largest absolute Gasteiger partial charge is 0.385 e. The van der Waals surface area contributed by atoms with Gasteiger partial charge in [0, 0.05) is 19.4 Å². The Hall–Kier alpha value is -2.25. The van der Waals surface area contributed by atoms with Crippen LogP contribution in [-0.4, -0.2) is 37.5 Å². The molecule has 0 aromatic heterocycles. The van der Waals surface area contributed by atoms with Gasteiger partial charge < -0.3 is 15.8 Å². The third-order valence-corrected chi connectivity index (χ3v) is 2.97. The summed E-state index contributed by atoms with van der Waals surface area (Å²) in [5.74, 6) is -1.27. The standard InChI is InChI=1S/C13H15N3O4/c1-20-5-4-10(14)13(19)15-7-2-3-8-9(6-7)12(18)16-11(8)17/h2-3,6,10H,4-5,14H2,1H3,(H,15,19)(H,16,17,18). The molecule has 4 N–H and O–H groups in total. The van der Waals surface area contributed by atoms with Gasteiger partial charge in [0.15, 0.2) is 0 Å². The Labute approximate surface area is 115 Å². The smallest absolute Gasteiger partial charge is 0.259 e. The Morgan fingerprint density at radius 2 is 2.05 bits per heavy atom. The number of ether oxygens (including phenoxy) is 1. The quantitative estimate of drug-likeness (QED) is 0.649. The molecule has 0 spiro atoms. The van der Waals surface area contributed by atoms with Crippen molar-refractivity contribution < 1.29 is 19.1 Å². The molecule has 1 atom stereocenters. The molecule has 1 aliphatic rings. The summed E-state index contributed by atoms with van der Waals surface area (Å²) < 4.78 is 4.85. The second-order valence-electron chi connectivity index (χ2n) is 4.42. The van der Waals surface area contributed by atoms with Crippen LogP contribution in [0.3, 0.4) is 0 Å². The summed E-state index contributed by atoms with van der Waals surface area (Å²) in [5.41, 5.74) is 6.66. The van der Waals surface area contributed by atoms with Crippen LogP contribution >= 0.6 is 0 Å². The molecule has 106 valence electrons. The fourth-order valence-corrected chi connectivity index (χ4v) is 1.86. The van der Waals surface area contributed by atoms with Crippen molar-refractivity contribution in [3.8, 4) is 0 Å². The van der Waals surface area contributed by atoms with Crippen LogP contribution in [0.1, 0.15) is 27.1 Å². The predicted molar refractivity (Wildman–Crippen MR) is 71.3 cm³/mol. The topological polar surface area (TPSA) is 111 Å². The Balaban J connectivity index is 2.08. The summed E-state index contributed by atoms with van der Waals surface area (Å²) in [6.45, 7) is 0.385. The highest BCUT2D eigenvalue weighted by molar-refractivity contribution is 6.22. The van der Waals surface area contributed by atoms with Gasteiger partial charge in [-0.1, -0.05) is 0 Å². The van der Waals surface area contributed by atoms with Crippen molar-refractivity contribution in [1.29, 1.82) is 0 Å². The van der Waals surface area contributed by atoms with Crippen LogP contribution in [0.15, 0.2) is 18.2 Å². The fraction of sp³-hybridized carbons (Fsp3) is 0.308. The number of fused-ring (bicyclic) bond motifs is 1. The van der Waals surface area contributed by atoms with Gasteiger partial charge in [-0.05, 0) is 24.6 Å². The van der Waals surface area contributed by atoms with Crippen LogP contribution in [0.4, 0.5) is 5.69 Å². The maximum absolute atomic E-state index is 11.8. The normalized spacial score (nSPS) is 14.7. The van der Waals surface area contributed by atoms with Gasteiger partial charge in [-0.25, -0.2) is 0 Å². The third-order valence-electron chi connectivity index (χ3n) is 2.97. The summed E-state index contributed by atoms with van der Waals surface area (Å²) in [4.78, 5) is 34.7. The van der Waals surface area contributed by atoms with Gasteiger partial charge >= 0.3 is 0 Å². The van der Waals surface area contributed by atoms with E-state index < -0.39 is 17.9 Å². The number of benzene rings is 1. The Kier molecular flexibility index (Phi) is 4.11. The molecule has 20 heavy (non-hydrogen) atoms. The number of amides is 3. The first kappa shape index (κ1) is 14.2. The van der Waals surface area contributed by atoms with Crippen LogP contribution in [0.5, 0.6) is 0 Å². The number of nitrogens with two attached hydrogens (primary N) is 1. The average molecular weight is 277 g/mol. The zero-order valence-corrected chi connectivity index (χ0v) is 10.9. The van der Waals surface area contributed by atoms with Gasteiger partial charge in [0.25, 0.3) is 11.8 Å². The molecule has 7 heteroatoms. The van der Waals surface area contributed by atoms with Crippen LogP contribution in [0.2, 0.25) is 0 Å². The number of carbonyl (C=O) groups excluding carboxylic acids is 3. The van der Waals surface area contributed by atoms with Crippen LogP contribution in [-0.2, 0) is 9.53 Å². The molecular formula is C13H15N3O4. The van der Waals surface area contributed by atoms with E-state index in [1.54, 1.807) is 6.07 Å². The molecule has 0 saturated carbocycles. The number of methoxy groups -OCH3 is 1. The van der Waals surface area contributed by atoms with E-state index in [2.05, 4.69) is 10.6 Å². The van der Waals surface area contributed by atoms with Gasteiger partial charge in [-0.15, -0.1) is 0 Å². The SMILES string of the molecule is COCCC(N)C(=O)Nc1ccc2c(c1)C(=O)NC2=O. The maximum Gasteiger partial charge on any atom is 0.259 e. The first-order chi connectivity index (χ1) is 9.52. The predicted octanol–water partition coefficient (Wildman–Crippen LogP) is -0.127. The molecule has 1 aromatic rings. The second-order valence-corrected chi connectivity index (χ2v) is 4.42. The Morgan fingerprint density at radius 1 is 1.35 bits per heavy atom. The minimum atomic E-state index is -0.696. The molecular weight excluding hydrogens is 262 g/mol. The van der Waals surface area contributed by atoms with E-state index in [1.165, 1.54) is 19.2 Å². The maximum atomic E-state index is 11.8. The van der Waals surface area contributed by atoms with Gasteiger partial charge in [-0.2, -0.15) is 0 Å². The summed E-state index contributed by atoms with van der Waals surface area (Å²) in [6, 6.07) is 3.80. The average Bonchev–Trinajstić information content (AvgIpc) is 2.71. The second kappa shape index (κ2) is 5.81. The summed E-state index contributed by atoms with van der Waals surface area (Å²) in [7, 11) is 1.53. The minimum Gasteiger partial charge on any atom is -0.385 e. The van der Waals surface area contributed by atoms with Crippen molar-refractivity contribution in [2.24, 2.45) is 5.73 Å².